The Morgan fingerprint density at radius 3 is 2.88 bits per heavy atom. The number of sulfonamides is 1. The molecule has 0 aliphatic carbocycles. The lowest BCUT2D eigenvalue weighted by Crippen LogP contribution is -2.35. The van der Waals surface area contributed by atoms with Crippen LogP contribution in [0, 0.1) is 0 Å². The van der Waals surface area contributed by atoms with Gasteiger partial charge >= 0.3 is 0 Å². The van der Waals surface area contributed by atoms with Gasteiger partial charge in [0.1, 0.15) is 14.3 Å². The molecule has 2 aliphatic rings. The van der Waals surface area contributed by atoms with Crippen molar-refractivity contribution in [2.45, 2.75) is 29.5 Å². The van der Waals surface area contributed by atoms with Crippen LogP contribution in [0.1, 0.15) is 29.7 Å². The van der Waals surface area contributed by atoms with Gasteiger partial charge in [-0.05, 0) is 12.5 Å². The molecule has 24 heavy (non-hydrogen) atoms. The topological polar surface area (TPSA) is 72.6 Å². The highest BCUT2D eigenvalue weighted by Gasteiger charge is 2.34. The fraction of sp³-hybridized carbons (Fsp3) is 0.500. The summed E-state index contributed by atoms with van der Waals surface area (Å²) in [6.07, 6.45) is 1.38. The van der Waals surface area contributed by atoms with E-state index in [1.165, 1.54) is 10.4 Å². The third-order valence-electron chi connectivity index (χ3n) is 4.20. The van der Waals surface area contributed by atoms with Gasteiger partial charge in [-0.2, -0.15) is 4.31 Å². The lowest BCUT2D eigenvalue weighted by molar-refractivity contribution is 0.190. The maximum Gasteiger partial charge on any atom is 0.253 e. The molecule has 0 amide bonds. The molecule has 0 aromatic carbocycles. The van der Waals surface area contributed by atoms with E-state index < -0.39 is 10.0 Å². The second-order valence-electron chi connectivity index (χ2n) is 5.76. The zero-order valence-corrected chi connectivity index (χ0v) is 15.6. The highest BCUT2D eigenvalue weighted by Crippen LogP contribution is 2.37. The molecule has 4 rings (SSSR count). The first-order valence-corrected chi connectivity index (χ1v) is 10.5. The van der Waals surface area contributed by atoms with Crippen LogP contribution in [0.3, 0.4) is 0 Å². The van der Waals surface area contributed by atoms with Crippen LogP contribution in [-0.2, 0) is 27.7 Å². The Labute approximate surface area is 153 Å². The van der Waals surface area contributed by atoms with Gasteiger partial charge in [0, 0.05) is 19.6 Å². The van der Waals surface area contributed by atoms with Crippen molar-refractivity contribution in [1.29, 1.82) is 0 Å². The van der Waals surface area contributed by atoms with Gasteiger partial charge in [-0.25, -0.2) is 13.4 Å². The maximum atomic E-state index is 12.8. The molecule has 130 valence electrons. The zero-order valence-electron chi connectivity index (χ0n) is 12.5. The molecule has 1 atom stereocenters. The number of nitrogens with zero attached hydrogens (tertiary/aromatic N) is 2. The summed E-state index contributed by atoms with van der Waals surface area (Å²) in [7, 11) is -3.64. The summed E-state index contributed by atoms with van der Waals surface area (Å²) in [6, 6.07) is 1.39. The van der Waals surface area contributed by atoms with E-state index in [1.54, 1.807) is 0 Å². The van der Waals surface area contributed by atoms with E-state index in [1.807, 2.05) is 0 Å². The minimum absolute atomic E-state index is 0.147. The van der Waals surface area contributed by atoms with Crippen molar-refractivity contribution in [2.24, 2.45) is 0 Å². The van der Waals surface area contributed by atoms with E-state index in [4.69, 9.17) is 32.4 Å². The standard InChI is InChI=1S/C14H14Cl2N2O4S2/c15-9-5-12(23-13(9)16)24(19,20)18-3-1-11-10(6-18)17-14(22-11)8-2-4-21-7-8/h5,8H,1-4,6-7H2. The minimum atomic E-state index is -3.64. The fourth-order valence-electron chi connectivity index (χ4n) is 2.88. The Morgan fingerprint density at radius 2 is 2.21 bits per heavy atom. The molecule has 10 heteroatoms. The molecule has 1 fully saturated rings. The van der Waals surface area contributed by atoms with Crippen LogP contribution < -0.4 is 0 Å². The Balaban J connectivity index is 1.59. The van der Waals surface area contributed by atoms with Crippen LogP contribution in [0.5, 0.6) is 0 Å². The quantitative estimate of drug-likeness (QED) is 0.778. The predicted molar refractivity (Wildman–Crippen MR) is 90.3 cm³/mol. The number of ether oxygens (including phenoxy) is 1. The second kappa shape index (κ2) is 6.26. The summed E-state index contributed by atoms with van der Waals surface area (Å²) < 4.78 is 38.5. The minimum Gasteiger partial charge on any atom is -0.445 e. The van der Waals surface area contributed by atoms with Gasteiger partial charge < -0.3 is 9.15 Å². The van der Waals surface area contributed by atoms with Crippen molar-refractivity contribution < 1.29 is 17.6 Å². The van der Waals surface area contributed by atoms with Crippen LogP contribution in [0.15, 0.2) is 14.7 Å². The molecule has 0 spiro atoms. The molecule has 4 heterocycles. The average molecular weight is 409 g/mol. The Bertz CT molecular complexity index is 852. The summed E-state index contributed by atoms with van der Waals surface area (Å²) in [5.74, 6) is 1.58. The van der Waals surface area contributed by atoms with E-state index in [0.29, 0.717) is 37.8 Å². The van der Waals surface area contributed by atoms with Gasteiger partial charge in [-0.3, -0.25) is 0 Å². The predicted octanol–water partition coefficient (Wildman–Crippen LogP) is 3.29. The number of fused-ring (bicyclic) bond motifs is 1. The normalized spacial score (nSPS) is 22.0. The maximum absolute atomic E-state index is 12.8. The molecule has 0 bridgehead atoms. The fourth-order valence-corrected chi connectivity index (χ4v) is 6.32. The number of aromatic nitrogens is 1. The molecule has 1 saturated heterocycles. The number of hydrogen-bond acceptors (Lipinski definition) is 6. The van der Waals surface area contributed by atoms with E-state index in [9.17, 15) is 8.42 Å². The van der Waals surface area contributed by atoms with Crippen molar-refractivity contribution in [3.8, 4) is 0 Å². The van der Waals surface area contributed by atoms with E-state index in [0.717, 1.165) is 23.5 Å². The lowest BCUT2D eigenvalue weighted by atomic mass is 10.1. The van der Waals surface area contributed by atoms with Crippen molar-refractivity contribution >= 4 is 44.6 Å². The van der Waals surface area contributed by atoms with Crippen molar-refractivity contribution in [2.75, 3.05) is 19.8 Å². The molecule has 2 aromatic heterocycles. The second-order valence-corrected chi connectivity index (χ2v) is 9.98. The van der Waals surface area contributed by atoms with Crippen LogP contribution in [0.4, 0.5) is 0 Å². The largest absolute Gasteiger partial charge is 0.445 e. The van der Waals surface area contributed by atoms with Crippen molar-refractivity contribution in [3.63, 3.8) is 0 Å². The van der Waals surface area contributed by atoms with Crippen molar-refractivity contribution in [3.05, 3.63) is 32.8 Å². The number of halogens is 2. The lowest BCUT2D eigenvalue weighted by Gasteiger charge is -2.23. The Hall–Kier alpha value is -0.640. The highest BCUT2D eigenvalue weighted by atomic mass is 35.5. The molecule has 0 N–H and O–H groups in total. The Morgan fingerprint density at radius 1 is 1.38 bits per heavy atom. The van der Waals surface area contributed by atoms with E-state index in [2.05, 4.69) is 4.98 Å². The molecule has 0 saturated carbocycles. The molecular weight excluding hydrogens is 395 g/mol. The number of hydrogen-bond donors (Lipinski definition) is 0. The smallest absolute Gasteiger partial charge is 0.253 e. The third-order valence-corrected chi connectivity index (χ3v) is 8.36. The van der Waals surface area contributed by atoms with Crippen LogP contribution in [0.2, 0.25) is 9.36 Å². The van der Waals surface area contributed by atoms with E-state index >= 15 is 0 Å². The highest BCUT2D eigenvalue weighted by molar-refractivity contribution is 7.91. The van der Waals surface area contributed by atoms with Gasteiger partial charge in [0.05, 0.1) is 29.8 Å². The summed E-state index contributed by atoms with van der Waals surface area (Å²) in [5, 5.41) is 0.253. The molecule has 1 unspecified atom stereocenters. The van der Waals surface area contributed by atoms with Gasteiger partial charge in [-0.15, -0.1) is 11.3 Å². The Kier molecular flexibility index (Phi) is 4.39. The first kappa shape index (κ1) is 16.8. The number of rotatable bonds is 3. The van der Waals surface area contributed by atoms with Crippen LogP contribution in [0.25, 0.3) is 0 Å². The van der Waals surface area contributed by atoms with Gasteiger partial charge in [0.25, 0.3) is 10.0 Å². The van der Waals surface area contributed by atoms with Gasteiger partial charge in [-0.1, -0.05) is 23.2 Å². The first-order valence-electron chi connectivity index (χ1n) is 7.46. The van der Waals surface area contributed by atoms with Crippen LogP contribution >= 0.6 is 34.5 Å². The molecule has 2 aliphatic heterocycles. The molecule has 0 radical (unpaired) electrons. The average Bonchev–Trinajstić information content (AvgIpc) is 3.26. The number of thiophene rings is 1. The SMILES string of the molecule is O=S(=O)(c1cc(Cl)c(Cl)s1)N1CCc2oc(C3CCOC3)nc2C1. The number of oxazole rings is 1. The zero-order chi connectivity index (χ0) is 16.9. The van der Waals surface area contributed by atoms with Gasteiger partial charge in [0.2, 0.25) is 0 Å². The van der Waals surface area contributed by atoms with Crippen LogP contribution in [-0.4, -0.2) is 37.5 Å². The summed E-state index contributed by atoms with van der Waals surface area (Å²) in [5.41, 5.74) is 0.681. The van der Waals surface area contributed by atoms with Crippen molar-refractivity contribution in [1.82, 2.24) is 9.29 Å². The summed E-state index contributed by atoms with van der Waals surface area (Å²) in [4.78, 5) is 4.51. The molecule has 2 aromatic rings. The molecular formula is C14H14Cl2N2O4S2. The third kappa shape index (κ3) is 2.89. The van der Waals surface area contributed by atoms with Gasteiger partial charge in [0.15, 0.2) is 5.89 Å². The molecule has 6 nitrogen and oxygen atoms in total. The summed E-state index contributed by atoms with van der Waals surface area (Å²) in [6.45, 7) is 1.85. The first-order chi connectivity index (χ1) is 11.4. The van der Waals surface area contributed by atoms with E-state index in [-0.39, 0.29) is 26.0 Å². The summed E-state index contributed by atoms with van der Waals surface area (Å²) >= 11 is 12.7. The monoisotopic (exact) mass is 408 g/mol.